The molecule has 1 amide bonds. The molecule has 136 valence electrons. The minimum atomic E-state index is -1.35. The Morgan fingerprint density at radius 3 is 2.37 bits per heavy atom. The molecule has 1 heterocycles. The topological polar surface area (TPSA) is 121 Å². The van der Waals surface area contributed by atoms with Gasteiger partial charge in [-0.15, -0.1) is 0 Å². The van der Waals surface area contributed by atoms with Crippen molar-refractivity contribution in [3.63, 3.8) is 0 Å². The Bertz CT molecular complexity index is 1010. The van der Waals surface area contributed by atoms with Crippen molar-refractivity contribution in [2.75, 3.05) is 4.90 Å². The lowest BCUT2D eigenvalue weighted by atomic mass is 10.1. The van der Waals surface area contributed by atoms with E-state index < -0.39 is 29.2 Å². The maximum absolute atomic E-state index is 12.7. The Balaban J connectivity index is 1.90. The second-order valence-electron chi connectivity index (χ2n) is 5.41. The zero-order chi connectivity index (χ0) is 19.7. The average molecular weight is 399 g/mol. The van der Waals surface area contributed by atoms with E-state index in [0.717, 1.165) is 28.8 Å². The number of hydrogen-bond donors (Lipinski definition) is 1. The first-order chi connectivity index (χ1) is 12.8. The molecule has 0 bridgehead atoms. The number of carbonyl (C=O) groups excluding carboxylic acids is 2. The number of carboxylic acids is 2. The minimum Gasteiger partial charge on any atom is -0.872 e. The second-order valence-corrected chi connectivity index (χ2v) is 7.09. The maximum atomic E-state index is 12.7. The van der Waals surface area contributed by atoms with Gasteiger partial charge in [0, 0.05) is 0 Å². The van der Waals surface area contributed by atoms with Gasteiger partial charge in [0.15, 0.2) is 4.32 Å². The summed E-state index contributed by atoms with van der Waals surface area (Å²) in [6.07, 6.45) is 1.54. The number of aromatic carboxylic acids is 2. The van der Waals surface area contributed by atoms with Gasteiger partial charge in [0.25, 0.3) is 5.91 Å². The molecule has 0 spiro atoms. The average Bonchev–Trinajstić information content (AvgIpc) is 2.88. The van der Waals surface area contributed by atoms with Gasteiger partial charge in [-0.25, -0.2) is 4.79 Å². The molecule has 0 aromatic heterocycles. The lowest BCUT2D eigenvalue weighted by Crippen LogP contribution is -2.27. The Labute approximate surface area is 162 Å². The van der Waals surface area contributed by atoms with Gasteiger partial charge in [-0.05, 0) is 35.4 Å². The van der Waals surface area contributed by atoms with Gasteiger partial charge in [0.05, 0.1) is 22.1 Å². The van der Waals surface area contributed by atoms with Crippen LogP contribution in [0.5, 0.6) is 5.75 Å². The molecular formula is C18H9NO6S2-2. The summed E-state index contributed by atoms with van der Waals surface area (Å²) in [5, 5.41) is 31.6. The predicted molar refractivity (Wildman–Crippen MR) is 99.3 cm³/mol. The monoisotopic (exact) mass is 399 g/mol. The van der Waals surface area contributed by atoms with Crippen LogP contribution in [0.3, 0.4) is 0 Å². The third-order valence-corrected chi connectivity index (χ3v) is 4.99. The third kappa shape index (κ3) is 3.69. The van der Waals surface area contributed by atoms with Crippen LogP contribution in [0.25, 0.3) is 6.08 Å². The van der Waals surface area contributed by atoms with E-state index in [1.165, 1.54) is 30.3 Å². The fourth-order valence-electron chi connectivity index (χ4n) is 2.38. The Morgan fingerprint density at radius 1 is 1.15 bits per heavy atom. The molecule has 0 atom stereocenters. The first-order valence-electron chi connectivity index (χ1n) is 7.41. The molecule has 2 aromatic rings. The summed E-state index contributed by atoms with van der Waals surface area (Å²) in [5.74, 6) is -3.84. The zero-order valence-corrected chi connectivity index (χ0v) is 15.0. The van der Waals surface area contributed by atoms with Crippen LogP contribution in [0.2, 0.25) is 0 Å². The van der Waals surface area contributed by atoms with Crippen LogP contribution >= 0.6 is 24.0 Å². The molecule has 0 unspecified atom stereocenters. The molecule has 9 heteroatoms. The highest BCUT2D eigenvalue weighted by atomic mass is 32.2. The van der Waals surface area contributed by atoms with E-state index in [0.29, 0.717) is 5.56 Å². The number of anilines is 1. The number of thiocarbonyl (C=S) groups is 1. The van der Waals surface area contributed by atoms with E-state index in [2.05, 4.69) is 0 Å². The molecule has 1 saturated heterocycles. The van der Waals surface area contributed by atoms with Crippen LogP contribution in [0.1, 0.15) is 26.3 Å². The van der Waals surface area contributed by atoms with Gasteiger partial charge in [0.1, 0.15) is 0 Å². The summed E-state index contributed by atoms with van der Waals surface area (Å²) in [6.45, 7) is 0. The standard InChI is InChI=1S/C18H11NO6S2/c20-13-8-11(5-6-12(13)17(24)25)19-15(21)14(27-18(19)26)7-9-1-3-10(4-2-9)16(22)23/h1-8,20H,(H,22,23)(H,24,25)/p-2/b14-7-. The van der Waals surface area contributed by atoms with Crippen LogP contribution in [0.4, 0.5) is 5.69 Å². The van der Waals surface area contributed by atoms with Crippen molar-refractivity contribution < 1.29 is 29.7 Å². The molecule has 3 rings (SSSR count). The molecule has 0 saturated carbocycles. The van der Waals surface area contributed by atoms with Gasteiger partial charge in [-0.1, -0.05) is 54.0 Å². The molecule has 0 radical (unpaired) electrons. The van der Waals surface area contributed by atoms with Crippen LogP contribution in [0.15, 0.2) is 47.4 Å². The summed E-state index contributed by atoms with van der Waals surface area (Å²) >= 11 is 6.22. The molecule has 1 fully saturated rings. The van der Waals surface area contributed by atoms with Crippen LogP contribution < -0.4 is 15.1 Å². The first-order valence-corrected chi connectivity index (χ1v) is 8.64. The summed E-state index contributed by atoms with van der Waals surface area (Å²) in [4.78, 5) is 35.8. The van der Waals surface area contributed by atoms with Crippen molar-refractivity contribution in [2.45, 2.75) is 0 Å². The molecule has 0 aliphatic carbocycles. The molecule has 2 aromatic carbocycles. The van der Waals surface area contributed by atoms with Gasteiger partial charge in [-0.2, -0.15) is 0 Å². The number of benzene rings is 2. The summed E-state index contributed by atoms with van der Waals surface area (Å²) in [6, 6.07) is 9.27. The fourth-order valence-corrected chi connectivity index (χ4v) is 3.68. The lowest BCUT2D eigenvalue weighted by molar-refractivity contribution is -0.268. The van der Waals surface area contributed by atoms with Crippen molar-refractivity contribution >= 4 is 57.9 Å². The molecule has 1 aliphatic heterocycles. The first kappa shape index (κ1) is 18.6. The summed E-state index contributed by atoms with van der Waals surface area (Å²) < 4.78 is 0.195. The predicted octanol–water partition coefficient (Wildman–Crippen LogP) is 1.23. The van der Waals surface area contributed by atoms with Gasteiger partial charge >= 0.3 is 5.97 Å². The van der Waals surface area contributed by atoms with Crippen molar-refractivity contribution in [1.82, 2.24) is 0 Å². The smallest absolute Gasteiger partial charge is 0.335 e. The lowest BCUT2D eigenvalue weighted by Gasteiger charge is -2.18. The number of nitrogens with zero attached hydrogens (tertiary/aromatic N) is 1. The van der Waals surface area contributed by atoms with Crippen LogP contribution in [0, 0.1) is 0 Å². The molecule has 7 nitrogen and oxygen atoms in total. The maximum Gasteiger partial charge on any atom is 0.335 e. The number of hydrogen-bond acceptors (Lipinski definition) is 7. The molecule has 1 aliphatic rings. The number of carbonyl (C=O) groups is 3. The molecular weight excluding hydrogens is 390 g/mol. The van der Waals surface area contributed by atoms with E-state index in [4.69, 9.17) is 17.3 Å². The fraction of sp³-hybridized carbons (Fsp3) is 0. The summed E-state index contributed by atoms with van der Waals surface area (Å²) in [7, 11) is 0. The highest BCUT2D eigenvalue weighted by molar-refractivity contribution is 8.27. The number of thioether (sulfide) groups is 1. The van der Waals surface area contributed by atoms with E-state index in [1.807, 2.05) is 0 Å². The van der Waals surface area contributed by atoms with Crippen LogP contribution in [-0.2, 0) is 4.79 Å². The quantitative estimate of drug-likeness (QED) is 0.602. The normalized spacial score (nSPS) is 15.4. The SMILES string of the molecule is O=C([O-])c1ccc(/C=C2\SC(=S)N(c3ccc(C(=O)O)c([O-])c3)C2=O)cc1. The zero-order valence-electron chi connectivity index (χ0n) is 13.4. The van der Waals surface area contributed by atoms with Gasteiger partial charge < -0.3 is 20.1 Å². The highest BCUT2D eigenvalue weighted by Gasteiger charge is 2.33. The van der Waals surface area contributed by atoms with Crippen molar-refractivity contribution in [3.8, 4) is 5.75 Å². The van der Waals surface area contributed by atoms with E-state index in [-0.39, 0.29) is 20.5 Å². The minimum absolute atomic E-state index is 0.0150. The van der Waals surface area contributed by atoms with Crippen LogP contribution in [-0.4, -0.2) is 27.3 Å². The Morgan fingerprint density at radius 2 is 1.81 bits per heavy atom. The van der Waals surface area contributed by atoms with Crippen molar-refractivity contribution in [2.24, 2.45) is 0 Å². The van der Waals surface area contributed by atoms with E-state index in [1.54, 1.807) is 6.08 Å². The highest BCUT2D eigenvalue weighted by Crippen LogP contribution is 2.37. The number of carboxylic acid groups (broad SMARTS) is 2. The van der Waals surface area contributed by atoms with E-state index >= 15 is 0 Å². The number of rotatable bonds is 4. The Hall–Kier alpha value is -3.17. The number of amides is 1. The largest absolute Gasteiger partial charge is 0.872 e. The third-order valence-electron chi connectivity index (χ3n) is 3.69. The van der Waals surface area contributed by atoms with Crippen molar-refractivity contribution in [3.05, 3.63) is 64.1 Å². The van der Waals surface area contributed by atoms with Gasteiger partial charge in [0.2, 0.25) is 0 Å². The molecule has 1 N–H and O–H groups in total. The Kier molecular flexibility index (Phi) is 4.98. The summed E-state index contributed by atoms with van der Waals surface area (Å²) in [5.41, 5.74) is 0.392. The second kappa shape index (κ2) is 7.22. The van der Waals surface area contributed by atoms with Crippen molar-refractivity contribution in [1.29, 1.82) is 0 Å². The van der Waals surface area contributed by atoms with Gasteiger partial charge in [-0.3, -0.25) is 9.69 Å². The van der Waals surface area contributed by atoms with E-state index in [9.17, 15) is 24.6 Å². The molecule has 27 heavy (non-hydrogen) atoms.